The third kappa shape index (κ3) is 2.48. The molecular formula is C10H19NO2S. The molecule has 1 heterocycles. The van der Waals surface area contributed by atoms with Crippen molar-refractivity contribution in [3.8, 4) is 0 Å². The molecule has 0 aromatic rings. The highest BCUT2D eigenvalue weighted by molar-refractivity contribution is 7.91. The van der Waals surface area contributed by atoms with Crippen molar-refractivity contribution in [2.75, 3.05) is 11.5 Å². The Hall–Kier alpha value is -0.0900. The van der Waals surface area contributed by atoms with Gasteiger partial charge < -0.3 is 5.32 Å². The Morgan fingerprint density at radius 2 is 1.93 bits per heavy atom. The lowest BCUT2D eigenvalue weighted by molar-refractivity contribution is 0.443. The summed E-state index contributed by atoms with van der Waals surface area (Å²) in [5.74, 6) is 1.55. The van der Waals surface area contributed by atoms with Gasteiger partial charge in [-0.1, -0.05) is 6.92 Å². The van der Waals surface area contributed by atoms with Crippen LogP contribution in [0.15, 0.2) is 0 Å². The molecule has 0 bridgehead atoms. The molecule has 0 amide bonds. The third-order valence-corrected chi connectivity index (χ3v) is 5.17. The molecule has 0 aromatic heterocycles. The van der Waals surface area contributed by atoms with Crippen LogP contribution in [0.25, 0.3) is 0 Å². The SMILES string of the molecule is CC1CCC(NC2CCS(=O)(=O)C2)C1. The fraction of sp³-hybridized carbons (Fsp3) is 1.00. The minimum Gasteiger partial charge on any atom is -0.310 e. The van der Waals surface area contributed by atoms with E-state index in [9.17, 15) is 8.42 Å². The summed E-state index contributed by atoms with van der Waals surface area (Å²) in [7, 11) is -2.71. The molecule has 2 fully saturated rings. The van der Waals surface area contributed by atoms with Gasteiger partial charge in [-0.25, -0.2) is 8.42 Å². The molecule has 1 aliphatic heterocycles. The van der Waals surface area contributed by atoms with Crippen molar-refractivity contribution in [2.45, 2.75) is 44.7 Å². The largest absolute Gasteiger partial charge is 0.310 e. The molecule has 2 aliphatic rings. The second-order valence-electron chi connectivity index (χ2n) is 4.88. The molecule has 1 N–H and O–H groups in total. The standard InChI is InChI=1S/C10H19NO2S/c1-8-2-3-9(6-8)11-10-4-5-14(12,13)7-10/h8-11H,2-7H2,1H3. The summed E-state index contributed by atoms with van der Waals surface area (Å²) >= 11 is 0. The second kappa shape index (κ2) is 3.81. The Labute approximate surface area is 86.2 Å². The van der Waals surface area contributed by atoms with Gasteiger partial charge in [-0.05, 0) is 31.6 Å². The maximum Gasteiger partial charge on any atom is 0.151 e. The average Bonchev–Trinajstić information content (AvgIpc) is 2.59. The molecule has 3 atom stereocenters. The lowest BCUT2D eigenvalue weighted by Crippen LogP contribution is -2.37. The first-order valence-electron chi connectivity index (χ1n) is 5.51. The van der Waals surface area contributed by atoms with Gasteiger partial charge >= 0.3 is 0 Å². The average molecular weight is 217 g/mol. The van der Waals surface area contributed by atoms with E-state index >= 15 is 0 Å². The van der Waals surface area contributed by atoms with Crippen molar-refractivity contribution >= 4 is 9.84 Å². The maximum atomic E-state index is 11.2. The molecule has 2 rings (SSSR count). The summed E-state index contributed by atoms with van der Waals surface area (Å²) in [6, 6.07) is 0.804. The topological polar surface area (TPSA) is 46.2 Å². The zero-order valence-electron chi connectivity index (χ0n) is 8.70. The molecule has 0 aromatic carbocycles. The van der Waals surface area contributed by atoms with Crippen molar-refractivity contribution in [3.63, 3.8) is 0 Å². The molecule has 0 spiro atoms. The van der Waals surface area contributed by atoms with Crippen LogP contribution >= 0.6 is 0 Å². The van der Waals surface area contributed by atoms with Crippen molar-refractivity contribution in [1.29, 1.82) is 0 Å². The first-order chi connectivity index (χ1) is 6.55. The van der Waals surface area contributed by atoms with Crippen LogP contribution in [0.5, 0.6) is 0 Å². The van der Waals surface area contributed by atoms with Gasteiger partial charge in [0.2, 0.25) is 0 Å². The Morgan fingerprint density at radius 3 is 2.43 bits per heavy atom. The van der Waals surface area contributed by atoms with Crippen LogP contribution in [-0.2, 0) is 9.84 Å². The molecule has 14 heavy (non-hydrogen) atoms. The van der Waals surface area contributed by atoms with Gasteiger partial charge in [-0.15, -0.1) is 0 Å². The summed E-state index contributed by atoms with van der Waals surface area (Å²) in [5, 5.41) is 3.48. The predicted molar refractivity (Wildman–Crippen MR) is 57.0 cm³/mol. The van der Waals surface area contributed by atoms with E-state index in [0.717, 1.165) is 12.3 Å². The van der Waals surface area contributed by atoms with E-state index in [1.807, 2.05) is 0 Å². The molecule has 82 valence electrons. The normalized spacial score (nSPS) is 41.6. The summed E-state index contributed by atoms with van der Waals surface area (Å²) in [6.07, 6.45) is 4.54. The summed E-state index contributed by atoms with van der Waals surface area (Å²) in [4.78, 5) is 0. The minimum atomic E-state index is -2.71. The first kappa shape index (κ1) is 10.4. The van der Waals surface area contributed by atoms with Crippen molar-refractivity contribution in [2.24, 2.45) is 5.92 Å². The van der Waals surface area contributed by atoms with Crippen molar-refractivity contribution < 1.29 is 8.42 Å². The van der Waals surface area contributed by atoms with Crippen LogP contribution in [0, 0.1) is 5.92 Å². The van der Waals surface area contributed by atoms with E-state index in [4.69, 9.17) is 0 Å². The summed E-state index contributed by atoms with van der Waals surface area (Å²) in [6.45, 7) is 2.27. The number of rotatable bonds is 2. The second-order valence-corrected chi connectivity index (χ2v) is 7.11. The highest BCUT2D eigenvalue weighted by Gasteiger charge is 2.31. The number of sulfone groups is 1. The van der Waals surface area contributed by atoms with Gasteiger partial charge in [-0.2, -0.15) is 0 Å². The van der Waals surface area contributed by atoms with E-state index in [1.54, 1.807) is 0 Å². The zero-order chi connectivity index (χ0) is 10.2. The smallest absolute Gasteiger partial charge is 0.151 e. The van der Waals surface area contributed by atoms with Crippen LogP contribution in [0.3, 0.4) is 0 Å². The van der Waals surface area contributed by atoms with Gasteiger partial charge in [0.25, 0.3) is 0 Å². The quantitative estimate of drug-likeness (QED) is 0.749. The fourth-order valence-electron chi connectivity index (χ4n) is 2.62. The van der Waals surface area contributed by atoms with Crippen LogP contribution in [0.4, 0.5) is 0 Å². The Kier molecular flexibility index (Phi) is 2.84. The van der Waals surface area contributed by atoms with Gasteiger partial charge in [0.1, 0.15) is 0 Å². The lowest BCUT2D eigenvalue weighted by Gasteiger charge is -2.17. The van der Waals surface area contributed by atoms with Crippen LogP contribution in [0.1, 0.15) is 32.6 Å². The molecule has 4 heteroatoms. The predicted octanol–water partition coefficient (Wildman–Crippen LogP) is 0.952. The molecule has 3 nitrogen and oxygen atoms in total. The number of nitrogens with one attached hydrogen (secondary N) is 1. The van der Waals surface area contributed by atoms with E-state index in [2.05, 4.69) is 12.2 Å². The van der Waals surface area contributed by atoms with Gasteiger partial charge in [0.05, 0.1) is 11.5 Å². The molecule has 3 unspecified atom stereocenters. The first-order valence-corrected chi connectivity index (χ1v) is 7.34. The minimum absolute atomic E-state index is 0.232. The lowest BCUT2D eigenvalue weighted by atomic mass is 10.1. The Bertz CT molecular complexity index is 299. The highest BCUT2D eigenvalue weighted by Crippen LogP contribution is 2.26. The summed E-state index contributed by atoms with van der Waals surface area (Å²) < 4.78 is 22.5. The van der Waals surface area contributed by atoms with Gasteiger partial charge in [0.15, 0.2) is 9.84 Å². The maximum absolute atomic E-state index is 11.2. The fourth-order valence-corrected chi connectivity index (χ4v) is 4.30. The van der Waals surface area contributed by atoms with Crippen LogP contribution in [0.2, 0.25) is 0 Å². The monoisotopic (exact) mass is 217 g/mol. The van der Waals surface area contributed by atoms with E-state index in [1.165, 1.54) is 19.3 Å². The van der Waals surface area contributed by atoms with Gasteiger partial charge in [-0.3, -0.25) is 0 Å². The molecule has 1 saturated carbocycles. The third-order valence-electron chi connectivity index (χ3n) is 3.40. The van der Waals surface area contributed by atoms with E-state index in [-0.39, 0.29) is 6.04 Å². The van der Waals surface area contributed by atoms with Crippen LogP contribution < -0.4 is 5.32 Å². The van der Waals surface area contributed by atoms with Crippen molar-refractivity contribution in [3.05, 3.63) is 0 Å². The molecule has 0 radical (unpaired) electrons. The molecular weight excluding hydrogens is 198 g/mol. The Balaban J connectivity index is 1.82. The zero-order valence-corrected chi connectivity index (χ0v) is 9.52. The van der Waals surface area contributed by atoms with Crippen LogP contribution in [-0.4, -0.2) is 32.0 Å². The highest BCUT2D eigenvalue weighted by atomic mass is 32.2. The molecule has 1 aliphatic carbocycles. The molecule has 1 saturated heterocycles. The van der Waals surface area contributed by atoms with E-state index in [0.29, 0.717) is 17.5 Å². The number of hydrogen-bond donors (Lipinski definition) is 1. The van der Waals surface area contributed by atoms with E-state index < -0.39 is 9.84 Å². The number of hydrogen-bond acceptors (Lipinski definition) is 3. The Morgan fingerprint density at radius 1 is 1.14 bits per heavy atom. The summed E-state index contributed by atoms with van der Waals surface area (Å²) in [5.41, 5.74) is 0. The van der Waals surface area contributed by atoms with Gasteiger partial charge in [0, 0.05) is 12.1 Å². The van der Waals surface area contributed by atoms with Crippen molar-refractivity contribution in [1.82, 2.24) is 5.32 Å².